The molecule has 0 amide bonds. The molecule has 1 saturated carbocycles. The number of hydrogen-bond donors (Lipinski definition) is 1. The number of halogens is 4. The Morgan fingerprint density at radius 2 is 1.96 bits per heavy atom. The van der Waals surface area contributed by atoms with E-state index in [1.165, 1.54) is 10.6 Å². The fourth-order valence-corrected chi connectivity index (χ4v) is 2.94. The van der Waals surface area contributed by atoms with Crippen LogP contribution in [0.2, 0.25) is 0 Å². The number of alkyl halides is 3. The third-order valence-corrected chi connectivity index (χ3v) is 4.25. The fraction of sp³-hybridized carbons (Fsp3) is 0.294. The van der Waals surface area contributed by atoms with Gasteiger partial charge in [0, 0.05) is 21.8 Å². The first-order valence-electron chi connectivity index (χ1n) is 7.98. The van der Waals surface area contributed by atoms with Crippen LogP contribution in [0.5, 0.6) is 5.88 Å². The van der Waals surface area contributed by atoms with E-state index in [0.29, 0.717) is 17.1 Å². The number of hydrogen-bond acceptors (Lipinski definition) is 4. The van der Waals surface area contributed by atoms with Crippen molar-refractivity contribution in [3.63, 3.8) is 0 Å². The van der Waals surface area contributed by atoms with Crippen molar-refractivity contribution in [3.05, 3.63) is 47.2 Å². The van der Waals surface area contributed by atoms with E-state index in [-0.39, 0.29) is 17.4 Å². The third kappa shape index (κ3) is 3.04. The van der Waals surface area contributed by atoms with Gasteiger partial charge in [0.25, 0.3) is 5.88 Å². The Morgan fingerprint density at radius 3 is 2.62 bits per heavy atom. The monoisotopic (exact) mass is 366 g/mol. The molecule has 0 spiro atoms. The topological polar surface area (TPSA) is 51.5 Å². The number of rotatable bonds is 4. The van der Waals surface area contributed by atoms with Crippen LogP contribution >= 0.6 is 0 Å². The zero-order valence-corrected chi connectivity index (χ0v) is 13.6. The van der Waals surface area contributed by atoms with Crippen LogP contribution in [0.3, 0.4) is 0 Å². The van der Waals surface area contributed by atoms with Gasteiger partial charge in [-0.05, 0) is 49.4 Å². The minimum atomic E-state index is -4.46. The van der Waals surface area contributed by atoms with Crippen LogP contribution in [0.15, 0.2) is 30.5 Å². The number of nitrogens with one attached hydrogen (secondary N) is 1. The second-order valence-corrected chi connectivity index (χ2v) is 6.38. The maximum absolute atomic E-state index is 13.0. The highest BCUT2D eigenvalue weighted by Crippen LogP contribution is 2.42. The molecule has 0 unspecified atom stereocenters. The second-order valence-electron chi connectivity index (χ2n) is 6.38. The van der Waals surface area contributed by atoms with Gasteiger partial charge in [-0.3, -0.25) is 4.94 Å². The zero-order chi connectivity index (χ0) is 18.5. The van der Waals surface area contributed by atoms with Crippen molar-refractivity contribution in [2.45, 2.75) is 31.9 Å². The summed E-state index contributed by atoms with van der Waals surface area (Å²) in [7, 11) is 0. The number of fused-ring (bicyclic) bond motifs is 1. The summed E-state index contributed by atoms with van der Waals surface area (Å²) in [5.41, 5.74) is 1.17. The molecule has 2 heterocycles. The minimum absolute atomic E-state index is 0.207. The van der Waals surface area contributed by atoms with Crippen LogP contribution in [0.25, 0.3) is 5.65 Å². The molecule has 26 heavy (non-hydrogen) atoms. The van der Waals surface area contributed by atoms with E-state index in [1.54, 1.807) is 19.2 Å². The SMILES string of the molecule is Cc1cc(Nc2cc(OF)nc3c(C4CC4)cnn23)cc(C(F)(F)F)c1. The van der Waals surface area contributed by atoms with Crippen LogP contribution < -0.4 is 10.3 Å². The average Bonchev–Trinajstić information content (AvgIpc) is 3.32. The summed E-state index contributed by atoms with van der Waals surface area (Å²) in [5.74, 6) is 0.290. The second kappa shape index (κ2) is 5.86. The van der Waals surface area contributed by atoms with Gasteiger partial charge in [-0.25, -0.2) is 0 Å². The van der Waals surface area contributed by atoms with Gasteiger partial charge >= 0.3 is 6.18 Å². The third-order valence-electron chi connectivity index (χ3n) is 4.25. The first kappa shape index (κ1) is 16.6. The van der Waals surface area contributed by atoms with Crippen LogP contribution in [0, 0.1) is 6.92 Å². The van der Waals surface area contributed by atoms with Gasteiger partial charge in [-0.15, -0.1) is 0 Å². The van der Waals surface area contributed by atoms with Crippen molar-refractivity contribution in [2.24, 2.45) is 0 Å². The summed E-state index contributed by atoms with van der Waals surface area (Å²) in [6.07, 6.45) is -0.822. The largest absolute Gasteiger partial charge is 0.416 e. The Labute approximate surface area is 145 Å². The highest BCUT2D eigenvalue weighted by molar-refractivity contribution is 5.64. The summed E-state index contributed by atoms with van der Waals surface area (Å²) in [6.45, 7) is 1.57. The van der Waals surface area contributed by atoms with Crippen LogP contribution in [0.1, 0.15) is 35.4 Å². The molecular weight excluding hydrogens is 352 g/mol. The lowest BCUT2D eigenvalue weighted by molar-refractivity contribution is -0.137. The first-order chi connectivity index (χ1) is 12.3. The van der Waals surface area contributed by atoms with Crippen molar-refractivity contribution in [1.82, 2.24) is 14.6 Å². The molecule has 136 valence electrons. The standard InChI is InChI=1S/C17H14F4N4O/c1-9-4-11(17(18,19)20)6-12(5-9)23-14-7-15(26-21)24-16-13(10-2-3-10)8-22-25(14)16/h4-8,10,23H,2-3H2,1H3. The van der Waals surface area contributed by atoms with Gasteiger partial charge < -0.3 is 5.32 Å². The van der Waals surface area contributed by atoms with Crippen molar-refractivity contribution in [1.29, 1.82) is 0 Å². The smallest absolute Gasteiger partial charge is 0.340 e. The molecule has 3 aromatic rings. The molecular formula is C17H14F4N4O. The average molecular weight is 366 g/mol. The van der Waals surface area contributed by atoms with Gasteiger partial charge in [0.15, 0.2) is 5.65 Å². The molecule has 5 nitrogen and oxygen atoms in total. The van der Waals surface area contributed by atoms with Gasteiger partial charge in [0.05, 0.1) is 11.8 Å². The number of anilines is 2. The molecule has 0 aliphatic heterocycles. The molecule has 0 radical (unpaired) electrons. The number of benzene rings is 1. The normalized spacial score (nSPS) is 14.7. The van der Waals surface area contributed by atoms with Crippen molar-refractivity contribution in [2.75, 3.05) is 5.32 Å². The Kier molecular flexibility index (Phi) is 3.74. The molecule has 2 aromatic heterocycles. The molecule has 4 rings (SSSR count). The van der Waals surface area contributed by atoms with Crippen molar-refractivity contribution in [3.8, 4) is 5.88 Å². The lowest BCUT2D eigenvalue weighted by Crippen LogP contribution is -2.07. The molecule has 9 heteroatoms. The van der Waals surface area contributed by atoms with E-state index in [2.05, 4.69) is 20.3 Å². The predicted molar refractivity (Wildman–Crippen MR) is 86.2 cm³/mol. The highest BCUT2D eigenvalue weighted by atomic mass is 19.4. The highest BCUT2D eigenvalue weighted by Gasteiger charge is 2.31. The molecule has 1 aliphatic rings. The van der Waals surface area contributed by atoms with E-state index in [9.17, 15) is 17.7 Å². The summed E-state index contributed by atoms with van der Waals surface area (Å²) in [4.78, 5) is 7.83. The van der Waals surface area contributed by atoms with E-state index in [4.69, 9.17) is 0 Å². The molecule has 1 aliphatic carbocycles. The lowest BCUT2D eigenvalue weighted by atomic mass is 10.1. The summed E-state index contributed by atoms with van der Waals surface area (Å²) >= 11 is 0. The minimum Gasteiger partial charge on any atom is -0.340 e. The molecule has 0 saturated heterocycles. The predicted octanol–water partition coefficient (Wildman–Crippen LogP) is 4.94. The fourth-order valence-electron chi connectivity index (χ4n) is 2.94. The lowest BCUT2D eigenvalue weighted by Gasteiger charge is -2.13. The molecule has 1 N–H and O–H groups in total. The maximum Gasteiger partial charge on any atom is 0.416 e. The summed E-state index contributed by atoms with van der Waals surface area (Å²) in [6, 6.07) is 4.85. The molecule has 0 bridgehead atoms. The first-order valence-corrected chi connectivity index (χ1v) is 7.98. The summed E-state index contributed by atoms with van der Waals surface area (Å²) < 4.78 is 53.3. The van der Waals surface area contributed by atoms with Crippen molar-refractivity contribution < 1.29 is 22.6 Å². The quantitative estimate of drug-likeness (QED) is 0.665. The van der Waals surface area contributed by atoms with Gasteiger partial charge in [-0.1, -0.05) is 0 Å². The molecule has 0 atom stereocenters. The van der Waals surface area contributed by atoms with E-state index >= 15 is 0 Å². The van der Waals surface area contributed by atoms with Crippen LogP contribution in [0.4, 0.5) is 29.2 Å². The Morgan fingerprint density at radius 1 is 1.19 bits per heavy atom. The van der Waals surface area contributed by atoms with E-state index in [0.717, 1.165) is 30.5 Å². The Bertz CT molecular complexity index is 979. The van der Waals surface area contributed by atoms with E-state index in [1.807, 2.05) is 0 Å². The Hall–Kier alpha value is -2.84. The van der Waals surface area contributed by atoms with E-state index < -0.39 is 11.7 Å². The maximum atomic E-state index is 13.0. The van der Waals surface area contributed by atoms with Gasteiger partial charge in [0.2, 0.25) is 0 Å². The number of nitrogens with zero attached hydrogens (tertiary/aromatic N) is 3. The Balaban J connectivity index is 1.79. The van der Waals surface area contributed by atoms with Crippen LogP contribution in [-0.4, -0.2) is 14.6 Å². The summed E-state index contributed by atoms with van der Waals surface area (Å²) in [5, 5.41) is 7.10. The number of aryl methyl sites for hydroxylation is 1. The zero-order valence-electron chi connectivity index (χ0n) is 13.6. The van der Waals surface area contributed by atoms with Gasteiger partial charge in [0.1, 0.15) is 5.82 Å². The number of aromatic nitrogens is 3. The van der Waals surface area contributed by atoms with Crippen LogP contribution in [-0.2, 0) is 6.18 Å². The molecule has 1 aromatic carbocycles. The van der Waals surface area contributed by atoms with Gasteiger partial charge in [-0.2, -0.15) is 27.8 Å². The van der Waals surface area contributed by atoms with Crippen molar-refractivity contribution >= 4 is 17.2 Å². The molecule has 1 fully saturated rings.